The summed E-state index contributed by atoms with van der Waals surface area (Å²) in [5.41, 5.74) is 0.512. The Bertz CT molecular complexity index is 727. The van der Waals surface area contributed by atoms with Crippen LogP contribution in [0.15, 0.2) is 35.4 Å². The third-order valence-corrected chi connectivity index (χ3v) is 5.02. The van der Waals surface area contributed by atoms with Crippen molar-refractivity contribution in [2.45, 2.75) is 17.7 Å². The fraction of sp³-hybridized carbons (Fsp3) is 0.308. The molecule has 1 aromatic carbocycles. The summed E-state index contributed by atoms with van der Waals surface area (Å²) in [6.45, 7) is 0.507. The Labute approximate surface area is 116 Å². The lowest BCUT2D eigenvalue weighted by Gasteiger charge is -2.09. The minimum absolute atomic E-state index is 0.237. The number of nitrogens with one attached hydrogen (secondary N) is 1. The highest BCUT2D eigenvalue weighted by atomic mass is 35.5. The average Bonchev–Trinajstić information content (AvgIpc) is 3.21. The van der Waals surface area contributed by atoms with Crippen LogP contribution in [-0.2, 0) is 10.0 Å². The molecule has 1 aliphatic carbocycles. The number of rotatable bonds is 4. The van der Waals surface area contributed by atoms with Gasteiger partial charge < -0.3 is 0 Å². The summed E-state index contributed by atoms with van der Waals surface area (Å²) in [5.74, 6) is 0.492. The molecule has 1 saturated carbocycles. The van der Waals surface area contributed by atoms with E-state index in [1.807, 2.05) is 0 Å². The molecular formula is C13H13ClN2O2S. The van der Waals surface area contributed by atoms with E-state index in [2.05, 4.69) is 9.71 Å². The Morgan fingerprint density at radius 2 is 2.11 bits per heavy atom. The third kappa shape index (κ3) is 2.59. The molecule has 0 amide bonds. The molecule has 0 atom stereocenters. The number of halogens is 1. The molecule has 0 aliphatic heterocycles. The van der Waals surface area contributed by atoms with Crippen molar-refractivity contribution >= 4 is 32.5 Å². The van der Waals surface area contributed by atoms with Crippen molar-refractivity contribution in [1.29, 1.82) is 0 Å². The smallest absolute Gasteiger partial charge is 0.241 e. The first kappa shape index (κ1) is 12.8. The molecule has 0 saturated heterocycles. The van der Waals surface area contributed by atoms with Gasteiger partial charge in [0.15, 0.2) is 0 Å². The van der Waals surface area contributed by atoms with Crippen molar-refractivity contribution in [3.8, 4) is 0 Å². The van der Waals surface area contributed by atoms with Crippen molar-refractivity contribution in [3.05, 3.63) is 35.5 Å². The molecule has 1 aliphatic rings. The maximum absolute atomic E-state index is 12.3. The van der Waals surface area contributed by atoms with E-state index < -0.39 is 10.0 Å². The first-order valence-corrected chi connectivity index (χ1v) is 7.97. The van der Waals surface area contributed by atoms with E-state index in [9.17, 15) is 8.42 Å². The number of nitrogens with zero attached hydrogens (tertiary/aromatic N) is 1. The molecule has 3 rings (SSSR count). The molecule has 1 aromatic heterocycles. The lowest BCUT2D eigenvalue weighted by Crippen LogP contribution is -2.26. The van der Waals surface area contributed by atoms with Crippen LogP contribution in [0.25, 0.3) is 10.9 Å². The van der Waals surface area contributed by atoms with Crippen LogP contribution < -0.4 is 4.72 Å². The van der Waals surface area contributed by atoms with Crippen LogP contribution in [0.4, 0.5) is 0 Å². The average molecular weight is 297 g/mol. The predicted octanol–water partition coefficient (Wildman–Crippen LogP) is 2.58. The number of aromatic nitrogens is 1. The van der Waals surface area contributed by atoms with Gasteiger partial charge >= 0.3 is 0 Å². The van der Waals surface area contributed by atoms with E-state index in [-0.39, 0.29) is 4.90 Å². The maximum atomic E-state index is 12.3. The van der Waals surface area contributed by atoms with Crippen LogP contribution in [-0.4, -0.2) is 19.9 Å². The fourth-order valence-electron chi connectivity index (χ4n) is 1.97. The lowest BCUT2D eigenvalue weighted by molar-refractivity contribution is 0.578. The molecular weight excluding hydrogens is 284 g/mol. The minimum Gasteiger partial charge on any atom is -0.255 e. The number of sulfonamides is 1. The van der Waals surface area contributed by atoms with E-state index in [0.717, 1.165) is 12.8 Å². The standard InChI is InChI=1S/C13H13ClN2O2S/c14-11-5-6-12(10-2-1-7-15-13(10)11)19(17,18)16-8-9-3-4-9/h1-2,5-7,9,16H,3-4,8H2. The summed E-state index contributed by atoms with van der Waals surface area (Å²) in [4.78, 5) is 4.38. The van der Waals surface area contributed by atoms with Crippen LogP contribution in [0, 0.1) is 5.92 Å². The molecule has 100 valence electrons. The van der Waals surface area contributed by atoms with Crippen LogP contribution in [0.2, 0.25) is 5.02 Å². The third-order valence-electron chi connectivity index (χ3n) is 3.23. The second-order valence-corrected chi connectivity index (χ2v) is 6.88. The molecule has 0 unspecified atom stereocenters. The molecule has 4 nitrogen and oxygen atoms in total. The molecule has 6 heteroatoms. The first-order chi connectivity index (χ1) is 9.08. The van der Waals surface area contributed by atoms with Gasteiger partial charge in [0.1, 0.15) is 0 Å². The quantitative estimate of drug-likeness (QED) is 0.943. The van der Waals surface area contributed by atoms with Crippen LogP contribution in [0.1, 0.15) is 12.8 Å². The lowest BCUT2D eigenvalue weighted by atomic mass is 10.2. The Morgan fingerprint density at radius 3 is 2.84 bits per heavy atom. The van der Waals surface area contributed by atoms with E-state index in [4.69, 9.17) is 11.6 Å². The van der Waals surface area contributed by atoms with Crippen LogP contribution >= 0.6 is 11.6 Å². The van der Waals surface area contributed by atoms with E-state index in [1.165, 1.54) is 6.07 Å². The molecule has 1 heterocycles. The zero-order valence-electron chi connectivity index (χ0n) is 10.1. The van der Waals surface area contributed by atoms with E-state index in [1.54, 1.807) is 24.4 Å². The van der Waals surface area contributed by atoms with Crippen molar-refractivity contribution in [1.82, 2.24) is 9.71 Å². The van der Waals surface area contributed by atoms with Gasteiger partial charge in [0, 0.05) is 18.1 Å². The van der Waals surface area contributed by atoms with Gasteiger partial charge in [-0.2, -0.15) is 0 Å². The highest BCUT2D eigenvalue weighted by Gasteiger charge is 2.25. The maximum Gasteiger partial charge on any atom is 0.241 e. The minimum atomic E-state index is -3.51. The Morgan fingerprint density at radius 1 is 1.32 bits per heavy atom. The van der Waals surface area contributed by atoms with Gasteiger partial charge in [-0.3, -0.25) is 4.98 Å². The molecule has 0 spiro atoms. The predicted molar refractivity (Wildman–Crippen MR) is 74.7 cm³/mol. The largest absolute Gasteiger partial charge is 0.255 e. The number of fused-ring (bicyclic) bond motifs is 1. The SMILES string of the molecule is O=S(=O)(NCC1CC1)c1ccc(Cl)c2ncccc12. The molecule has 0 radical (unpaired) electrons. The number of hydrogen-bond acceptors (Lipinski definition) is 3. The van der Waals surface area contributed by atoms with Crippen molar-refractivity contribution in [2.75, 3.05) is 6.54 Å². The van der Waals surface area contributed by atoms with Crippen molar-refractivity contribution < 1.29 is 8.42 Å². The number of pyridine rings is 1. The number of hydrogen-bond donors (Lipinski definition) is 1. The monoisotopic (exact) mass is 296 g/mol. The van der Waals surface area contributed by atoms with Gasteiger partial charge in [-0.05, 0) is 43.0 Å². The first-order valence-electron chi connectivity index (χ1n) is 6.11. The summed E-state index contributed by atoms with van der Waals surface area (Å²) < 4.78 is 27.3. The van der Waals surface area contributed by atoms with Crippen LogP contribution in [0.3, 0.4) is 0 Å². The highest BCUT2D eigenvalue weighted by Crippen LogP contribution is 2.30. The Balaban J connectivity index is 2.06. The normalized spacial score (nSPS) is 15.8. The van der Waals surface area contributed by atoms with Gasteiger partial charge in [0.05, 0.1) is 15.4 Å². The Hall–Kier alpha value is -1.17. The van der Waals surface area contributed by atoms with Gasteiger partial charge in [0.2, 0.25) is 10.0 Å². The number of benzene rings is 1. The second kappa shape index (κ2) is 4.74. The zero-order valence-corrected chi connectivity index (χ0v) is 11.7. The summed E-state index contributed by atoms with van der Waals surface area (Å²) >= 11 is 6.04. The van der Waals surface area contributed by atoms with Gasteiger partial charge in [-0.25, -0.2) is 13.1 Å². The molecule has 1 fully saturated rings. The Kier molecular flexibility index (Phi) is 3.20. The van der Waals surface area contributed by atoms with Crippen molar-refractivity contribution in [3.63, 3.8) is 0 Å². The summed E-state index contributed by atoms with van der Waals surface area (Å²) in [5, 5.41) is 1.01. The zero-order chi connectivity index (χ0) is 13.5. The van der Waals surface area contributed by atoms with Crippen molar-refractivity contribution in [2.24, 2.45) is 5.92 Å². The summed E-state index contributed by atoms with van der Waals surface area (Å²) in [6, 6.07) is 6.53. The topological polar surface area (TPSA) is 59.1 Å². The second-order valence-electron chi connectivity index (χ2n) is 4.74. The van der Waals surface area contributed by atoms with Crippen LogP contribution in [0.5, 0.6) is 0 Å². The molecule has 2 aromatic rings. The molecule has 1 N–H and O–H groups in total. The van der Waals surface area contributed by atoms with Gasteiger partial charge in [0.25, 0.3) is 0 Å². The van der Waals surface area contributed by atoms with E-state index >= 15 is 0 Å². The summed E-state index contributed by atoms with van der Waals surface area (Å²) in [7, 11) is -3.51. The summed E-state index contributed by atoms with van der Waals surface area (Å²) in [6.07, 6.45) is 3.80. The highest BCUT2D eigenvalue weighted by molar-refractivity contribution is 7.89. The van der Waals surface area contributed by atoms with E-state index in [0.29, 0.717) is 28.4 Å². The molecule has 0 bridgehead atoms. The van der Waals surface area contributed by atoms with Gasteiger partial charge in [-0.15, -0.1) is 0 Å². The molecule has 19 heavy (non-hydrogen) atoms. The fourth-order valence-corrected chi connectivity index (χ4v) is 3.50. The van der Waals surface area contributed by atoms with Gasteiger partial charge in [-0.1, -0.05) is 11.6 Å².